The number of carboxylic acid groups (broad SMARTS) is 1. The first-order chi connectivity index (χ1) is 16.7. The number of hydrogen-bond acceptors (Lipinski definition) is 5. The third-order valence-electron chi connectivity index (χ3n) is 6.41. The number of hydrogen-bond donors (Lipinski definition) is 3. The van der Waals surface area contributed by atoms with Crippen molar-refractivity contribution in [3.05, 3.63) is 59.7 Å². The first-order valence-corrected chi connectivity index (χ1v) is 11.3. The molecule has 2 unspecified atom stereocenters. The van der Waals surface area contributed by atoms with E-state index in [4.69, 9.17) is 9.84 Å². The van der Waals surface area contributed by atoms with Crippen LogP contribution in [0.25, 0.3) is 11.1 Å². The summed E-state index contributed by atoms with van der Waals surface area (Å²) in [5.74, 6) is -7.88. The number of nitrogens with one attached hydrogen (secondary N) is 2. The third kappa shape index (κ3) is 5.12. The maximum absolute atomic E-state index is 15.0. The molecule has 0 aromatic heterocycles. The van der Waals surface area contributed by atoms with Crippen LogP contribution >= 0.6 is 0 Å². The number of carbonyl (C=O) groups excluding carboxylic acids is 2. The highest BCUT2D eigenvalue weighted by atomic mass is 19.3. The normalized spacial score (nSPS) is 16.5. The monoisotopic (exact) mass is 488 g/mol. The highest BCUT2D eigenvalue weighted by Crippen LogP contribution is 2.44. The number of halogens is 2. The predicted octanol–water partition coefficient (Wildman–Crippen LogP) is 3.15. The van der Waals surface area contributed by atoms with Crippen molar-refractivity contribution < 1.29 is 37.7 Å². The maximum Gasteiger partial charge on any atom is 0.407 e. The highest BCUT2D eigenvalue weighted by Gasteiger charge is 2.54. The summed E-state index contributed by atoms with van der Waals surface area (Å²) in [4.78, 5) is 35.7. The summed E-state index contributed by atoms with van der Waals surface area (Å²) >= 11 is 0. The van der Waals surface area contributed by atoms with E-state index in [1.54, 1.807) is 0 Å². The van der Waals surface area contributed by atoms with E-state index < -0.39 is 48.5 Å². The van der Waals surface area contributed by atoms with Gasteiger partial charge in [0, 0.05) is 13.0 Å². The largest absolute Gasteiger partial charge is 0.479 e. The average Bonchev–Trinajstić information content (AvgIpc) is 3.63. The number of ether oxygens (including phenoxy) is 2. The first-order valence-electron chi connectivity index (χ1n) is 11.3. The van der Waals surface area contributed by atoms with Crippen molar-refractivity contribution >= 4 is 18.0 Å². The lowest BCUT2D eigenvalue weighted by Gasteiger charge is -2.27. The number of alkyl carbamates (subject to hydrolysis) is 1. The van der Waals surface area contributed by atoms with Crippen LogP contribution in [0.4, 0.5) is 13.6 Å². The highest BCUT2D eigenvalue weighted by molar-refractivity contribution is 5.86. The van der Waals surface area contributed by atoms with E-state index in [0.29, 0.717) is 12.8 Å². The average molecular weight is 488 g/mol. The van der Waals surface area contributed by atoms with Gasteiger partial charge in [-0.25, -0.2) is 9.59 Å². The molecule has 0 spiro atoms. The minimum Gasteiger partial charge on any atom is -0.479 e. The maximum atomic E-state index is 15.0. The Morgan fingerprint density at radius 3 is 2.14 bits per heavy atom. The number of alkyl halides is 2. The van der Waals surface area contributed by atoms with Crippen LogP contribution < -0.4 is 10.6 Å². The van der Waals surface area contributed by atoms with Gasteiger partial charge in [-0.2, -0.15) is 8.78 Å². The van der Waals surface area contributed by atoms with E-state index in [2.05, 4.69) is 10.1 Å². The van der Waals surface area contributed by atoms with E-state index in [9.17, 15) is 23.2 Å². The molecule has 3 N–H and O–H groups in total. The van der Waals surface area contributed by atoms with Gasteiger partial charge in [0.25, 0.3) is 5.91 Å². The molecule has 1 saturated carbocycles. The number of carboxylic acids is 1. The van der Waals surface area contributed by atoms with Crippen LogP contribution in [-0.2, 0) is 19.1 Å². The molecule has 10 heteroatoms. The molecule has 2 aliphatic rings. The van der Waals surface area contributed by atoms with Crippen LogP contribution in [-0.4, -0.2) is 61.4 Å². The minimum atomic E-state index is -3.97. The molecule has 0 aliphatic heterocycles. The van der Waals surface area contributed by atoms with Crippen LogP contribution in [0.3, 0.4) is 0 Å². The van der Waals surface area contributed by atoms with Crippen molar-refractivity contribution in [3.8, 4) is 11.1 Å². The van der Waals surface area contributed by atoms with Crippen molar-refractivity contribution in [3.63, 3.8) is 0 Å². The zero-order valence-electron chi connectivity index (χ0n) is 19.0. The fourth-order valence-corrected chi connectivity index (χ4v) is 4.42. The van der Waals surface area contributed by atoms with Crippen LogP contribution in [0.15, 0.2) is 48.5 Å². The fraction of sp³-hybridized carbons (Fsp3) is 0.400. The number of amides is 2. The molecule has 4 rings (SSSR count). The molecule has 35 heavy (non-hydrogen) atoms. The topological polar surface area (TPSA) is 114 Å². The third-order valence-corrected chi connectivity index (χ3v) is 6.41. The fourth-order valence-electron chi connectivity index (χ4n) is 4.42. The Morgan fingerprint density at radius 1 is 1.06 bits per heavy atom. The quantitative estimate of drug-likeness (QED) is 0.474. The Labute approximate surface area is 200 Å². The Kier molecular flexibility index (Phi) is 7.02. The van der Waals surface area contributed by atoms with Gasteiger partial charge in [-0.05, 0) is 41.0 Å². The molecular formula is C25H26F2N2O6. The number of aliphatic carboxylic acids is 1. The van der Waals surface area contributed by atoms with Gasteiger partial charge in [0.1, 0.15) is 12.6 Å². The molecule has 0 radical (unpaired) electrons. The Bertz CT molecular complexity index is 1080. The SMILES string of the molecule is COC(CNC(=O)C(F)(F)C(NC(=O)OCC1c2ccccc2-c2ccccc21)C1CC1)C(=O)O. The molecule has 2 atom stereocenters. The van der Waals surface area contributed by atoms with E-state index >= 15 is 0 Å². The number of carbonyl (C=O) groups is 3. The summed E-state index contributed by atoms with van der Waals surface area (Å²) in [6.07, 6.45) is -1.67. The molecule has 2 aromatic rings. The molecule has 2 aliphatic carbocycles. The molecule has 8 nitrogen and oxygen atoms in total. The van der Waals surface area contributed by atoms with Gasteiger partial charge < -0.3 is 25.2 Å². The second-order valence-electron chi connectivity index (χ2n) is 8.68. The zero-order valence-corrected chi connectivity index (χ0v) is 19.0. The number of methoxy groups -OCH3 is 1. The van der Waals surface area contributed by atoms with Gasteiger partial charge >= 0.3 is 18.0 Å². The second-order valence-corrected chi connectivity index (χ2v) is 8.68. The summed E-state index contributed by atoms with van der Waals surface area (Å²) in [5.41, 5.74) is 4.03. The molecule has 2 amide bonds. The van der Waals surface area contributed by atoms with Crippen LogP contribution in [0.1, 0.15) is 29.9 Å². The van der Waals surface area contributed by atoms with Gasteiger partial charge in [0.15, 0.2) is 6.10 Å². The smallest absolute Gasteiger partial charge is 0.407 e. The summed E-state index contributed by atoms with van der Waals surface area (Å²) in [5, 5.41) is 13.0. The van der Waals surface area contributed by atoms with Crippen molar-refractivity contribution in [1.82, 2.24) is 10.6 Å². The van der Waals surface area contributed by atoms with Crippen LogP contribution in [0, 0.1) is 5.92 Å². The van der Waals surface area contributed by atoms with E-state index in [-0.39, 0.29) is 12.5 Å². The Balaban J connectivity index is 1.40. The molecule has 0 bridgehead atoms. The minimum absolute atomic E-state index is 0.0524. The van der Waals surface area contributed by atoms with Crippen LogP contribution in [0.2, 0.25) is 0 Å². The van der Waals surface area contributed by atoms with Crippen molar-refractivity contribution in [1.29, 1.82) is 0 Å². The first kappa shape index (κ1) is 24.6. The molecule has 2 aromatic carbocycles. The van der Waals surface area contributed by atoms with Gasteiger partial charge in [0.05, 0.1) is 6.54 Å². The van der Waals surface area contributed by atoms with Gasteiger partial charge in [0.2, 0.25) is 0 Å². The molecule has 1 fully saturated rings. The molecule has 0 saturated heterocycles. The Morgan fingerprint density at radius 2 is 1.63 bits per heavy atom. The standard InChI is InChI=1S/C25H26F2N2O6/c1-34-20(22(30)31)12-28-23(32)25(26,27)21(14-10-11-14)29-24(33)35-13-19-17-8-4-2-6-15(17)16-7-3-5-9-18(16)19/h2-9,14,19-21H,10-13H2,1H3,(H,28,32)(H,29,33)(H,30,31). The predicted molar refractivity (Wildman–Crippen MR) is 121 cm³/mol. The summed E-state index contributed by atoms with van der Waals surface area (Å²) in [6.45, 7) is -0.689. The van der Waals surface area contributed by atoms with E-state index in [0.717, 1.165) is 29.4 Å². The molecule has 186 valence electrons. The van der Waals surface area contributed by atoms with Gasteiger partial charge in [-0.3, -0.25) is 4.79 Å². The molecular weight excluding hydrogens is 462 g/mol. The summed E-state index contributed by atoms with van der Waals surface area (Å²) in [6, 6.07) is 13.7. The number of benzene rings is 2. The zero-order chi connectivity index (χ0) is 25.2. The van der Waals surface area contributed by atoms with Crippen LogP contribution in [0.5, 0.6) is 0 Å². The summed E-state index contributed by atoms with van der Waals surface area (Å²) < 4.78 is 39.9. The van der Waals surface area contributed by atoms with Gasteiger partial charge in [-0.15, -0.1) is 0 Å². The number of fused-ring (bicyclic) bond motifs is 3. The lowest BCUT2D eigenvalue weighted by Crippen LogP contribution is -2.57. The summed E-state index contributed by atoms with van der Waals surface area (Å²) in [7, 11) is 1.09. The van der Waals surface area contributed by atoms with Crippen molar-refractivity contribution in [2.45, 2.75) is 36.8 Å². The van der Waals surface area contributed by atoms with Crippen molar-refractivity contribution in [2.24, 2.45) is 5.92 Å². The lowest BCUT2D eigenvalue weighted by molar-refractivity contribution is -0.153. The lowest BCUT2D eigenvalue weighted by atomic mass is 9.98. The Hall–Kier alpha value is -3.53. The van der Waals surface area contributed by atoms with Crippen molar-refractivity contribution in [2.75, 3.05) is 20.3 Å². The van der Waals surface area contributed by atoms with Gasteiger partial charge in [-0.1, -0.05) is 48.5 Å². The molecule has 0 heterocycles. The van der Waals surface area contributed by atoms with E-state index in [1.807, 2.05) is 53.8 Å². The van der Waals surface area contributed by atoms with E-state index in [1.165, 1.54) is 0 Å². The number of rotatable bonds is 10. The second kappa shape index (κ2) is 9.99.